The number of amides is 1. The van der Waals surface area contributed by atoms with E-state index in [2.05, 4.69) is 23.7 Å². The molecule has 29 heavy (non-hydrogen) atoms. The monoisotopic (exact) mass is 393 g/mol. The van der Waals surface area contributed by atoms with E-state index in [0.717, 1.165) is 29.9 Å². The van der Waals surface area contributed by atoms with E-state index in [1.54, 1.807) is 30.3 Å². The van der Waals surface area contributed by atoms with Gasteiger partial charge in [-0.25, -0.2) is 0 Å². The first-order valence-electron chi connectivity index (χ1n) is 10.0. The number of rotatable bonds is 8. The zero-order chi connectivity index (χ0) is 21.0. The molecular weight excluding hydrogens is 366 g/mol. The summed E-state index contributed by atoms with van der Waals surface area (Å²) in [7, 11) is 0. The minimum absolute atomic E-state index is 0.178. The highest BCUT2D eigenvalue weighted by Gasteiger charge is 2.42. The van der Waals surface area contributed by atoms with Crippen LogP contribution in [0, 0.1) is 0 Å². The number of hydrogen-bond acceptors (Lipinski definition) is 5. The Kier molecular flexibility index (Phi) is 6.32. The molecule has 1 aromatic heterocycles. The van der Waals surface area contributed by atoms with Crippen LogP contribution in [0.5, 0.6) is 0 Å². The lowest BCUT2D eigenvalue weighted by Crippen LogP contribution is -2.30. The molecule has 0 radical (unpaired) electrons. The molecule has 2 aromatic rings. The number of aliphatic hydroxyl groups excluding tert-OH is 1. The van der Waals surface area contributed by atoms with Crippen LogP contribution in [0.15, 0.2) is 60.1 Å². The van der Waals surface area contributed by atoms with Crippen molar-refractivity contribution in [1.82, 2.24) is 9.88 Å². The fourth-order valence-electron chi connectivity index (χ4n) is 3.78. The van der Waals surface area contributed by atoms with Gasteiger partial charge in [-0.3, -0.25) is 14.6 Å². The van der Waals surface area contributed by atoms with Crippen molar-refractivity contribution in [3.05, 3.63) is 71.3 Å². The van der Waals surface area contributed by atoms with Crippen molar-refractivity contribution < 1.29 is 14.7 Å². The van der Waals surface area contributed by atoms with Crippen LogP contribution in [0.25, 0.3) is 0 Å². The molecule has 2 heterocycles. The Morgan fingerprint density at radius 1 is 1.14 bits per heavy atom. The summed E-state index contributed by atoms with van der Waals surface area (Å²) in [4.78, 5) is 33.3. The zero-order valence-electron chi connectivity index (χ0n) is 17.1. The first kappa shape index (κ1) is 20.6. The molecule has 6 nitrogen and oxygen atoms in total. The first-order chi connectivity index (χ1) is 14.0. The molecule has 3 rings (SSSR count). The SMILES string of the molecule is CCC(=O)C1=C(O)C(=O)N(Cc2cccnc2)C1c1ccc(N(CC)CC)cc1. The molecule has 1 aliphatic rings. The van der Waals surface area contributed by atoms with Crippen LogP contribution in [0.3, 0.4) is 0 Å². The number of carbonyl (C=O) groups excluding carboxylic acids is 2. The van der Waals surface area contributed by atoms with Gasteiger partial charge in [0.1, 0.15) is 0 Å². The quantitative estimate of drug-likeness (QED) is 0.738. The highest BCUT2D eigenvalue weighted by molar-refractivity contribution is 6.08. The average Bonchev–Trinajstić information content (AvgIpc) is 3.00. The molecule has 0 spiro atoms. The lowest BCUT2D eigenvalue weighted by atomic mass is 9.94. The van der Waals surface area contributed by atoms with Gasteiger partial charge >= 0.3 is 0 Å². The van der Waals surface area contributed by atoms with Gasteiger partial charge in [0.2, 0.25) is 0 Å². The molecular formula is C23H27N3O3. The maximum Gasteiger partial charge on any atom is 0.290 e. The topological polar surface area (TPSA) is 73.7 Å². The number of nitrogens with zero attached hydrogens (tertiary/aromatic N) is 3. The predicted octanol–water partition coefficient (Wildman–Crippen LogP) is 3.80. The smallest absolute Gasteiger partial charge is 0.290 e. The van der Waals surface area contributed by atoms with E-state index < -0.39 is 17.7 Å². The lowest BCUT2D eigenvalue weighted by molar-refractivity contribution is -0.130. The van der Waals surface area contributed by atoms with Crippen molar-refractivity contribution in [2.24, 2.45) is 0 Å². The Bertz CT molecular complexity index is 903. The van der Waals surface area contributed by atoms with E-state index in [4.69, 9.17) is 0 Å². The van der Waals surface area contributed by atoms with Crippen molar-refractivity contribution >= 4 is 17.4 Å². The number of aliphatic hydroxyl groups is 1. The van der Waals surface area contributed by atoms with Crippen molar-refractivity contribution in [2.75, 3.05) is 18.0 Å². The van der Waals surface area contributed by atoms with E-state index in [9.17, 15) is 14.7 Å². The third-order valence-electron chi connectivity index (χ3n) is 5.34. The molecule has 0 saturated carbocycles. The number of hydrogen-bond donors (Lipinski definition) is 1. The standard InChI is InChI=1S/C23H27N3O3/c1-4-19(27)20-21(17-9-11-18(12-10-17)25(5-2)6-3)26(23(29)22(20)28)15-16-8-7-13-24-14-16/h7-14,21,28H,4-6,15H2,1-3H3. The Labute approximate surface area is 171 Å². The fraction of sp³-hybridized carbons (Fsp3) is 0.348. The second-order valence-corrected chi connectivity index (χ2v) is 7.00. The van der Waals surface area contributed by atoms with Crippen LogP contribution in [0.1, 0.15) is 44.4 Å². The fourth-order valence-corrected chi connectivity index (χ4v) is 3.78. The number of aromatic nitrogens is 1. The first-order valence-corrected chi connectivity index (χ1v) is 10.0. The van der Waals surface area contributed by atoms with Crippen molar-refractivity contribution in [3.63, 3.8) is 0 Å². The van der Waals surface area contributed by atoms with Gasteiger partial charge in [0, 0.05) is 44.1 Å². The van der Waals surface area contributed by atoms with Crippen LogP contribution < -0.4 is 4.90 Å². The largest absolute Gasteiger partial charge is 0.503 e. The van der Waals surface area contributed by atoms with Gasteiger partial charge < -0.3 is 14.9 Å². The number of carbonyl (C=O) groups is 2. The van der Waals surface area contributed by atoms with Crippen LogP contribution in [0.4, 0.5) is 5.69 Å². The predicted molar refractivity (Wildman–Crippen MR) is 112 cm³/mol. The molecule has 1 atom stereocenters. The minimum atomic E-state index is -0.610. The number of Topliss-reactive ketones (excluding diaryl/α,β-unsaturated/α-hetero) is 1. The van der Waals surface area contributed by atoms with Gasteiger partial charge in [-0.2, -0.15) is 0 Å². The molecule has 1 unspecified atom stereocenters. The molecule has 1 aliphatic heterocycles. The van der Waals surface area contributed by atoms with Gasteiger partial charge in [0.15, 0.2) is 11.5 Å². The Morgan fingerprint density at radius 3 is 2.38 bits per heavy atom. The highest BCUT2D eigenvalue weighted by Crippen LogP contribution is 2.39. The second-order valence-electron chi connectivity index (χ2n) is 7.00. The second kappa shape index (κ2) is 8.90. The van der Waals surface area contributed by atoms with Gasteiger partial charge in [0.25, 0.3) is 5.91 Å². The van der Waals surface area contributed by atoms with Crippen LogP contribution >= 0.6 is 0 Å². The van der Waals surface area contributed by atoms with E-state index in [1.165, 1.54) is 0 Å². The Balaban J connectivity index is 2.01. The summed E-state index contributed by atoms with van der Waals surface area (Å²) in [6.45, 7) is 7.98. The van der Waals surface area contributed by atoms with Crippen molar-refractivity contribution in [2.45, 2.75) is 39.8 Å². The zero-order valence-corrected chi connectivity index (χ0v) is 17.1. The minimum Gasteiger partial charge on any atom is -0.503 e. The maximum absolute atomic E-state index is 12.8. The van der Waals surface area contributed by atoms with Crippen molar-refractivity contribution in [1.29, 1.82) is 0 Å². The molecule has 152 valence electrons. The summed E-state index contributed by atoms with van der Waals surface area (Å²) in [5, 5.41) is 10.5. The molecule has 0 saturated heterocycles. The summed E-state index contributed by atoms with van der Waals surface area (Å²) >= 11 is 0. The lowest BCUT2D eigenvalue weighted by Gasteiger charge is -2.28. The number of anilines is 1. The molecule has 0 bridgehead atoms. The normalized spacial score (nSPS) is 16.4. The molecule has 0 fully saturated rings. The van der Waals surface area contributed by atoms with Gasteiger partial charge in [-0.1, -0.05) is 25.1 Å². The molecule has 6 heteroatoms. The summed E-state index contributed by atoms with van der Waals surface area (Å²) in [5.74, 6) is -1.19. The van der Waals surface area contributed by atoms with Gasteiger partial charge in [0.05, 0.1) is 11.6 Å². The molecule has 0 aliphatic carbocycles. The third-order valence-corrected chi connectivity index (χ3v) is 5.34. The van der Waals surface area contributed by atoms with Crippen LogP contribution in [0.2, 0.25) is 0 Å². The molecule has 1 aromatic carbocycles. The number of pyridine rings is 1. The summed E-state index contributed by atoms with van der Waals surface area (Å²) in [6, 6.07) is 10.9. The van der Waals surface area contributed by atoms with Gasteiger partial charge in [-0.05, 0) is 43.2 Å². The van der Waals surface area contributed by atoms with Crippen LogP contribution in [-0.2, 0) is 16.1 Å². The molecule has 1 N–H and O–H groups in total. The Hall–Kier alpha value is -3.15. The maximum atomic E-state index is 12.8. The highest BCUT2D eigenvalue weighted by atomic mass is 16.3. The van der Waals surface area contributed by atoms with Crippen LogP contribution in [-0.4, -0.2) is 39.8 Å². The summed E-state index contributed by atoms with van der Waals surface area (Å²) < 4.78 is 0. The number of ketones is 1. The van der Waals surface area contributed by atoms with Gasteiger partial charge in [-0.15, -0.1) is 0 Å². The van der Waals surface area contributed by atoms with E-state index in [-0.39, 0.29) is 24.3 Å². The average molecular weight is 393 g/mol. The third kappa shape index (κ3) is 4.01. The molecule has 1 amide bonds. The van der Waals surface area contributed by atoms with Crippen molar-refractivity contribution in [3.8, 4) is 0 Å². The van der Waals surface area contributed by atoms with E-state index >= 15 is 0 Å². The van der Waals surface area contributed by atoms with E-state index in [1.807, 2.05) is 30.3 Å². The Morgan fingerprint density at radius 2 is 1.83 bits per heavy atom. The summed E-state index contributed by atoms with van der Waals surface area (Å²) in [6.07, 6.45) is 3.58. The number of benzene rings is 1. The summed E-state index contributed by atoms with van der Waals surface area (Å²) in [5.41, 5.74) is 2.90. The van der Waals surface area contributed by atoms with E-state index in [0.29, 0.717) is 0 Å².